The Hall–Kier alpha value is -2.21. The Morgan fingerprint density at radius 1 is 1.00 bits per heavy atom. The highest BCUT2D eigenvalue weighted by Crippen LogP contribution is 2.32. The number of hydrogen-bond acceptors (Lipinski definition) is 6. The smallest absolute Gasteiger partial charge is 0.245 e. The van der Waals surface area contributed by atoms with Gasteiger partial charge >= 0.3 is 0 Å². The quantitative estimate of drug-likeness (QED) is 0.277. The molecule has 0 atom stereocenters. The average Bonchev–Trinajstić information content (AvgIpc) is 3.48. The van der Waals surface area contributed by atoms with E-state index in [9.17, 15) is 18.0 Å². The molecule has 1 aliphatic heterocycles. The highest BCUT2D eigenvalue weighted by atomic mass is 35.5. The van der Waals surface area contributed by atoms with E-state index in [1.54, 1.807) is 11.8 Å². The zero-order valence-corrected chi connectivity index (χ0v) is 26.0. The number of unbranched alkanes of at least 4 members (excludes halogenated alkanes) is 1. The molecule has 2 aromatic carbocycles. The predicted octanol–water partition coefficient (Wildman–Crippen LogP) is 3.31. The van der Waals surface area contributed by atoms with Crippen molar-refractivity contribution in [3.05, 3.63) is 63.6 Å². The van der Waals surface area contributed by atoms with Gasteiger partial charge in [-0.15, -0.1) is 0 Å². The molecule has 0 aromatic heterocycles. The molecule has 0 saturated carbocycles. The van der Waals surface area contributed by atoms with Crippen LogP contribution in [0.4, 0.5) is 0 Å². The third kappa shape index (κ3) is 9.94. The fraction of sp³-hybridized carbons (Fsp3) is 0.517. The maximum atomic E-state index is 13.7. The summed E-state index contributed by atoms with van der Waals surface area (Å²) in [5.41, 5.74) is 7.00. The summed E-state index contributed by atoms with van der Waals surface area (Å²) in [5, 5.41) is 3.01. The van der Waals surface area contributed by atoms with Gasteiger partial charge in [-0.2, -0.15) is 4.31 Å². The Labute approximate surface area is 254 Å². The molecule has 0 aliphatic carbocycles. The van der Waals surface area contributed by atoms with E-state index < -0.39 is 22.5 Å². The van der Waals surface area contributed by atoms with Gasteiger partial charge in [0.05, 0.1) is 18.1 Å². The SMILES string of the molecule is Cc1c(Cl)ccc(S(=O)(=O)N(CCc2ccccc2)CC(=O)NCC(=O)N(CCCCN)CCN2CCCC2)c1Cl. The molecule has 1 heterocycles. The number of halogens is 2. The number of nitrogens with one attached hydrogen (secondary N) is 1. The Kier molecular flexibility index (Phi) is 13.3. The monoisotopic (exact) mass is 625 g/mol. The minimum Gasteiger partial charge on any atom is -0.346 e. The molecule has 41 heavy (non-hydrogen) atoms. The number of nitrogens with zero attached hydrogens (tertiary/aromatic N) is 3. The second-order valence-electron chi connectivity index (χ2n) is 10.3. The van der Waals surface area contributed by atoms with Crippen molar-refractivity contribution in [1.29, 1.82) is 0 Å². The molecule has 226 valence electrons. The van der Waals surface area contributed by atoms with Gasteiger partial charge < -0.3 is 20.9 Å². The molecule has 12 heteroatoms. The summed E-state index contributed by atoms with van der Waals surface area (Å²) in [5.74, 6) is -0.775. The number of carbonyl (C=O) groups excluding carboxylic acids is 2. The third-order valence-corrected chi connectivity index (χ3v) is 10.2. The Morgan fingerprint density at radius 2 is 1.71 bits per heavy atom. The lowest BCUT2D eigenvalue weighted by atomic mass is 10.1. The number of sulfonamides is 1. The first-order valence-electron chi connectivity index (χ1n) is 14.1. The van der Waals surface area contributed by atoms with Gasteiger partial charge in [-0.25, -0.2) is 8.42 Å². The van der Waals surface area contributed by atoms with Crippen LogP contribution in [0.25, 0.3) is 0 Å². The highest BCUT2D eigenvalue weighted by molar-refractivity contribution is 7.89. The molecule has 0 unspecified atom stereocenters. The molecule has 0 spiro atoms. The molecule has 3 rings (SSSR count). The predicted molar refractivity (Wildman–Crippen MR) is 164 cm³/mol. The van der Waals surface area contributed by atoms with Gasteiger partial charge in [-0.05, 0) is 81.9 Å². The van der Waals surface area contributed by atoms with Crippen LogP contribution in [0, 0.1) is 6.92 Å². The minimum atomic E-state index is -4.15. The maximum absolute atomic E-state index is 13.7. The van der Waals surface area contributed by atoms with Gasteiger partial charge in [0.1, 0.15) is 4.90 Å². The molecular formula is C29H41Cl2N5O4S. The molecule has 1 fully saturated rings. The maximum Gasteiger partial charge on any atom is 0.245 e. The van der Waals surface area contributed by atoms with Crippen LogP contribution in [0.1, 0.15) is 36.8 Å². The van der Waals surface area contributed by atoms with Crippen LogP contribution in [0.2, 0.25) is 10.0 Å². The topological polar surface area (TPSA) is 116 Å². The summed E-state index contributed by atoms with van der Waals surface area (Å²) >= 11 is 12.5. The highest BCUT2D eigenvalue weighted by Gasteiger charge is 2.30. The molecular weight excluding hydrogens is 585 g/mol. The first-order valence-corrected chi connectivity index (χ1v) is 16.3. The average molecular weight is 627 g/mol. The summed E-state index contributed by atoms with van der Waals surface area (Å²) in [6.07, 6.45) is 4.31. The van der Waals surface area contributed by atoms with Crippen LogP contribution in [0.15, 0.2) is 47.4 Å². The van der Waals surface area contributed by atoms with Crippen molar-refractivity contribution in [3.63, 3.8) is 0 Å². The van der Waals surface area contributed by atoms with E-state index in [1.165, 1.54) is 25.0 Å². The number of nitrogens with two attached hydrogens (primary N) is 1. The zero-order valence-electron chi connectivity index (χ0n) is 23.7. The summed E-state index contributed by atoms with van der Waals surface area (Å²) < 4.78 is 28.5. The fourth-order valence-corrected chi connectivity index (χ4v) is 6.92. The number of likely N-dealkylation sites (tertiary alicyclic amines) is 1. The Morgan fingerprint density at radius 3 is 2.39 bits per heavy atom. The van der Waals surface area contributed by atoms with E-state index in [0.29, 0.717) is 36.6 Å². The Balaban J connectivity index is 1.69. The lowest BCUT2D eigenvalue weighted by Gasteiger charge is -2.26. The van der Waals surface area contributed by atoms with E-state index in [2.05, 4.69) is 10.2 Å². The van der Waals surface area contributed by atoms with Crippen molar-refractivity contribution in [1.82, 2.24) is 19.4 Å². The molecule has 2 amide bonds. The molecule has 1 saturated heterocycles. The molecule has 0 radical (unpaired) electrons. The molecule has 3 N–H and O–H groups in total. The summed E-state index contributed by atoms with van der Waals surface area (Å²) in [4.78, 5) is 30.1. The number of rotatable bonds is 16. The van der Waals surface area contributed by atoms with Crippen molar-refractivity contribution in [2.24, 2.45) is 5.73 Å². The largest absolute Gasteiger partial charge is 0.346 e. The van der Waals surface area contributed by atoms with Crippen molar-refractivity contribution >= 4 is 45.0 Å². The number of benzene rings is 2. The molecule has 9 nitrogen and oxygen atoms in total. The standard InChI is InChI=1S/C29H41Cl2N5O4S/c1-23-25(30)11-12-26(29(23)31)41(39,40)36(18-13-24-9-3-2-4-10-24)22-27(37)33-21-28(38)35(17-6-5-14-32)20-19-34-15-7-8-16-34/h2-4,9-12H,5-8,13-22,32H2,1H3,(H,33,37). The number of carbonyl (C=O) groups is 2. The first-order chi connectivity index (χ1) is 19.6. The van der Waals surface area contributed by atoms with Crippen molar-refractivity contribution in [3.8, 4) is 0 Å². The van der Waals surface area contributed by atoms with Gasteiger partial charge in [-0.1, -0.05) is 53.5 Å². The summed E-state index contributed by atoms with van der Waals surface area (Å²) in [7, 11) is -4.15. The fourth-order valence-electron chi connectivity index (χ4n) is 4.74. The normalized spacial score (nSPS) is 14.0. The Bertz CT molecular complexity index is 1260. The van der Waals surface area contributed by atoms with Gasteiger partial charge in [0.15, 0.2) is 0 Å². The molecule has 1 aliphatic rings. The summed E-state index contributed by atoms with van der Waals surface area (Å²) in [6.45, 7) is 5.56. The van der Waals surface area contributed by atoms with E-state index in [-0.39, 0.29) is 28.9 Å². The number of hydrogen-bond donors (Lipinski definition) is 2. The lowest BCUT2D eigenvalue weighted by molar-refractivity contribution is -0.133. The van der Waals surface area contributed by atoms with Crippen molar-refractivity contribution < 1.29 is 18.0 Å². The van der Waals surface area contributed by atoms with E-state index >= 15 is 0 Å². The van der Waals surface area contributed by atoms with Gasteiger partial charge in [0, 0.05) is 31.2 Å². The van der Waals surface area contributed by atoms with Gasteiger partial charge in [0.2, 0.25) is 21.8 Å². The number of amides is 2. The minimum absolute atomic E-state index is 0.0175. The third-order valence-electron chi connectivity index (χ3n) is 7.27. The zero-order chi connectivity index (χ0) is 29.8. The molecule has 2 aromatic rings. The molecule has 0 bridgehead atoms. The second-order valence-corrected chi connectivity index (χ2v) is 13.0. The van der Waals surface area contributed by atoms with Crippen LogP contribution >= 0.6 is 23.2 Å². The van der Waals surface area contributed by atoms with Gasteiger partial charge in [0.25, 0.3) is 0 Å². The van der Waals surface area contributed by atoms with E-state index in [1.807, 2.05) is 30.3 Å². The van der Waals surface area contributed by atoms with Crippen molar-refractivity contribution in [2.45, 2.75) is 43.9 Å². The lowest BCUT2D eigenvalue weighted by Crippen LogP contribution is -2.47. The van der Waals surface area contributed by atoms with E-state index in [4.69, 9.17) is 28.9 Å². The van der Waals surface area contributed by atoms with Crippen molar-refractivity contribution in [2.75, 3.05) is 58.9 Å². The van der Waals surface area contributed by atoms with Crippen LogP contribution in [-0.4, -0.2) is 93.2 Å². The summed E-state index contributed by atoms with van der Waals surface area (Å²) in [6, 6.07) is 12.2. The second kappa shape index (κ2) is 16.4. The first kappa shape index (κ1) is 33.3. The van der Waals surface area contributed by atoms with Gasteiger partial charge in [-0.3, -0.25) is 9.59 Å². The van der Waals surface area contributed by atoms with Crippen LogP contribution in [-0.2, 0) is 26.0 Å². The van der Waals surface area contributed by atoms with Crippen LogP contribution < -0.4 is 11.1 Å². The van der Waals surface area contributed by atoms with Crippen LogP contribution in [0.3, 0.4) is 0 Å². The van der Waals surface area contributed by atoms with E-state index in [0.717, 1.165) is 42.3 Å². The van der Waals surface area contributed by atoms with Crippen LogP contribution in [0.5, 0.6) is 0 Å².